The second-order valence-electron chi connectivity index (χ2n) is 21.7. The van der Waals surface area contributed by atoms with E-state index in [-0.39, 0.29) is 141 Å². The van der Waals surface area contributed by atoms with E-state index in [2.05, 4.69) is 161 Å². The van der Waals surface area contributed by atoms with Crippen molar-refractivity contribution >= 4 is 98.3 Å². The third-order valence-corrected chi connectivity index (χ3v) is 15.5. The molecule has 0 aliphatic carbocycles. The van der Waals surface area contributed by atoms with Gasteiger partial charge in [-0.1, -0.05) is 59.1 Å². The predicted octanol–water partition coefficient (Wildman–Crippen LogP) is 1.55. The summed E-state index contributed by atoms with van der Waals surface area (Å²) in [7, 11) is -0.284. The van der Waals surface area contributed by atoms with Crippen molar-refractivity contribution in [1.82, 2.24) is 75.4 Å². The first-order valence-electron chi connectivity index (χ1n) is 29.8. The van der Waals surface area contributed by atoms with E-state index in [4.69, 9.17) is 83.2 Å². The summed E-state index contributed by atoms with van der Waals surface area (Å²) >= 11 is 17.4. The molecule has 0 amide bonds. The first-order valence-corrected chi connectivity index (χ1v) is 30.9. The molecule has 96 heavy (non-hydrogen) atoms. The molecule has 3 aliphatic rings. The van der Waals surface area contributed by atoms with Crippen LogP contribution < -0.4 is 133 Å². The Hall–Kier alpha value is -5.82. The Morgan fingerprint density at radius 1 is 0.583 bits per heavy atom. The number of aliphatic hydroxyl groups is 1. The van der Waals surface area contributed by atoms with Crippen LogP contribution in [-0.2, 0) is 47.7 Å². The third kappa shape index (κ3) is 22.9. The SMILES string of the molecule is CC1(C)OB(c2ccc(N3CCOCC3)cc2)OC1(C)C.Clc1cc2nccnc2c(Cl)n1.Clc1cc2nccnc2c(OCCc2cn[nH]c2)n1.O=CO[O-].OCCc1cn[nH]c1.[H-].[K+].[K+].c1cnc2c(OCCc3cn[nH]c3)nc(-c3ccc(N4CCOCC4)cc3)cc2n1. The molecule has 11 aromatic rings. The van der Waals surface area contributed by atoms with Crippen LogP contribution in [0, 0.1) is 0 Å². The van der Waals surface area contributed by atoms with E-state index < -0.39 is 0 Å². The second kappa shape index (κ2) is 39.7. The van der Waals surface area contributed by atoms with E-state index >= 15 is 0 Å². The number of aliphatic hydroxyl groups excluding tert-OH is 1. The number of H-pyrrole nitrogens is 3. The number of rotatable bonds is 15. The Balaban J connectivity index is 0.000000197. The molecule has 0 bridgehead atoms. The molecule has 27 nitrogen and oxygen atoms in total. The van der Waals surface area contributed by atoms with Crippen LogP contribution in [0.15, 0.2) is 141 Å². The van der Waals surface area contributed by atoms with Gasteiger partial charge in [-0.25, -0.2) is 24.9 Å². The molecule has 14 rings (SSSR count). The fourth-order valence-corrected chi connectivity index (χ4v) is 9.97. The van der Waals surface area contributed by atoms with Crippen LogP contribution in [0.2, 0.25) is 15.5 Å². The third-order valence-electron chi connectivity index (χ3n) is 14.9. The molecule has 0 spiro atoms. The molecule has 12 heterocycles. The number of fused-ring (bicyclic) bond motifs is 3. The van der Waals surface area contributed by atoms with Crippen molar-refractivity contribution in [2.45, 2.75) is 58.2 Å². The minimum Gasteiger partial charge on any atom is -1.00 e. The fraction of sp³-hybridized carbons (Fsp3) is 0.317. The molecule has 9 aromatic heterocycles. The molecule has 0 radical (unpaired) electrons. The molecule has 0 unspecified atom stereocenters. The zero-order valence-corrected chi connectivity index (χ0v) is 62.4. The van der Waals surface area contributed by atoms with Gasteiger partial charge in [-0.3, -0.25) is 35.0 Å². The average Bonchev–Trinajstić information content (AvgIpc) is 1.67. The summed E-state index contributed by atoms with van der Waals surface area (Å²) in [4.78, 5) is 53.9. The maximum atomic E-state index is 8.64. The molecular weight excluding hydrogens is 1350 g/mol. The molecule has 3 aliphatic heterocycles. The number of ether oxygens (including phenoxy) is 4. The van der Waals surface area contributed by atoms with Gasteiger partial charge in [0.05, 0.1) is 91.7 Å². The summed E-state index contributed by atoms with van der Waals surface area (Å²) in [6.07, 6.45) is 22.6. The average molecular weight is 1420 g/mol. The summed E-state index contributed by atoms with van der Waals surface area (Å²) in [6.45, 7) is 16.2. The molecule has 4 N–H and O–H groups in total. The van der Waals surface area contributed by atoms with Crippen molar-refractivity contribution in [2.75, 3.05) is 82.2 Å². The van der Waals surface area contributed by atoms with Crippen LogP contribution in [0.3, 0.4) is 0 Å². The van der Waals surface area contributed by atoms with Gasteiger partial charge in [-0.05, 0) is 86.6 Å². The van der Waals surface area contributed by atoms with Crippen molar-refractivity contribution in [3.63, 3.8) is 0 Å². The van der Waals surface area contributed by atoms with Gasteiger partial charge in [0.2, 0.25) is 11.8 Å². The zero-order valence-electron chi connectivity index (χ0n) is 54.8. The van der Waals surface area contributed by atoms with Gasteiger partial charge in [0.25, 0.3) is 6.47 Å². The van der Waals surface area contributed by atoms with Gasteiger partial charge in [0, 0.05) is 130 Å². The summed E-state index contributed by atoms with van der Waals surface area (Å²) in [6, 6.07) is 22.2. The molecule has 3 saturated heterocycles. The molecule has 2 aromatic carbocycles. The van der Waals surface area contributed by atoms with Crippen LogP contribution in [0.1, 0.15) is 45.8 Å². The van der Waals surface area contributed by atoms with Gasteiger partial charge in [-0.2, -0.15) is 20.3 Å². The van der Waals surface area contributed by atoms with E-state index in [0.717, 1.165) is 104 Å². The number of carbonyl (C=O) groups excluding carboxylic acids is 1. The molecule has 0 atom stereocenters. The van der Waals surface area contributed by atoms with Crippen molar-refractivity contribution in [3.8, 4) is 23.0 Å². The first-order chi connectivity index (χ1) is 45.7. The minimum atomic E-state index is -0.291. The quantitative estimate of drug-likeness (QED) is 0.0372. The maximum absolute atomic E-state index is 8.64. The molecule has 0 saturated carbocycles. The van der Waals surface area contributed by atoms with Gasteiger partial charge in [-0.15, -0.1) is 0 Å². The van der Waals surface area contributed by atoms with Crippen LogP contribution in [0.4, 0.5) is 11.4 Å². The Kier molecular flexibility index (Phi) is 32.1. The predicted molar refractivity (Wildman–Crippen MR) is 354 cm³/mol. The number of nitrogens with one attached hydrogen (secondary N) is 3. The number of morpholine rings is 2. The number of anilines is 2. The summed E-state index contributed by atoms with van der Waals surface area (Å²) in [5.74, 6) is 0.899. The summed E-state index contributed by atoms with van der Waals surface area (Å²) in [5, 5.41) is 37.5. The van der Waals surface area contributed by atoms with Crippen LogP contribution in [-0.4, -0.2) is 178 Å². The standard InChI is InChI=1S/C22H22N6O2.C16H24BNO3.C12H10ClN5O.C7H3Cl2N3.C5H8N2O.CH2O3.2K.H/c1-3-18(28-8-11-29-12-9-28)4-2-17(1)19-13-20-21(24-7-6-23-20)22(27-19)30-10-5-16-14-25-26-15-16;1-15(2)16(3,4)21-17(20-15)13-5-7-14(8-6-13)18-9-11-19-12-10-18;13-10-5-9-11(15-3-2-14-9)12(18-10)19-4-1-8-6-16-17-7-8;8-5-3-4-6(7(9)12-5)11-2-1-10-4;8-2-1-5-3-6-7-4-5;2-1-4-3;;;/h1-4,6-7,13-15H,5,8-12H2,(H,25,26);5-8H,9-12H2,1-4H3;2-3,5-7H,1,4H2,(H,16,17);1-3H;3-4,8H,1-2H2,(H,6,7);1,3H;;;/q;;;;;;2*+1;-1/p-1. The van der Waals surface area contributed by atoms with Crippen molar-refractivity contribution < 1.29 is 152 Å². The molecular formula is C63H69BCl3K2N17O10. The number of carbonyl (C=O) groups is 1. The monoisotopic (exact) mass is 1420 g/mol. The number of nitrogens with zero attached hydrogens (tertiary/aromatic N) is 14. The van der Waals surface area contributed by atoms with Gasteiger partial charge in [0.1, 0.15) is 15.8 Å². The van der Waals surface area contributed by atoms with Gasteiger partial charge in [0.15, 0.2) is 16.2 Å². The van der Waals surface area contributed by atoms with Gasteiger partial charge < -0.3 is 54.7 Å². The van der Waals surface area contributed by atoms with E-state index in [1.54, 1.807) is 74.1 Å². The number of hydrogen-bond acceptors (Lipinski definition) is 24. The summed E-state index contributed by atoms with van der Waals surface area (Å²) in [5.41, 5.74) is 11.9. The Labute approximate surface area is 655 Å². The number of aromatic amines is 3. The Bertz CT molecular complexity index is 4070. The number of aromatic nitrogens is 15. The van der Waals surface area contributed by atoms with Crippen molar-refractivity contribution in [3.05, 3.63) is 173 Å². The number of halogens is 3. The Morgan fingerprint density at radius 2 is 0.990 bits per heavy atom. The first kappa shape index (κ1) is 77.5. The maximum Gasteiger partial charge on any atom is 1.00 e. The van der Waals surface area contributed by atoms with Crippen molar-refractivity contribution in [1.29, 1.82) is 0 Å². The topological polar surface area (TPSA) is 334 Å². The number of benzene rings is 2. The largest absolute Gasteiger partial charge is 1.00 e. The molecule has 33 heteroatoms. The van der Waals surface area contributed by atoms with Crippen LogP contribution >= 0.6 is 34.8 Å². The van der Waals surface area contributed by atoms with E-state index in [1.165, 1.54) is 11.4 Å². The second-order valence-corrected chi connectivity index (χ2v) is 22.8. The number of pyridine rings is 3. The number of hydrogen-bond donors (Lipinski definition) is 4. The smallest absolute Gasteiger partial charge is 1.00 e. The Morgan fingerprint density at radius 3 is 1.44 bits per heavy atom. The fourth-order valence-electron chi connectivity index (χ4n) is 9.32. The van der Waals surface area contributed by atoms with E-state index in [0.29, 0.717) is 69.3 Å². The normalized spacial score (nSPS) is 14.2. The molecule has 3 fully saturated rings. The molecule has 492 valence electrons. The summed E-state index contributed by atoms with van der Waals surface area (Å²) < 4.78 is 34.6. The minimum absolute atomic E-state index is 0. The van der Waals surface area contributed by atoms with E-state index in [1.807, 2.05) is 18.5 Å². The van der Waals surface area contributed by atoms with Gasteiger partial charge >= 0.3 is 110 Å². The van der Waals surface area contributed by atoms with Crippen LogP contribution in [0.25, 0.3) is 44.4 Å². The van der Waals surface area contributed by atoms with Crippen LogP contribution in [0.5, 0.6) is 11.8 Å². The zero-order chi connectivity index (χ0) is 66.1. The van der Waals surface area contributed by atoms with E-state index in [9.17, 15) is 0 Å². The van der Waals surface area contributed by atoms with Crippen molar-refractivity contribution in [2.24, 2.45) is 0 Å².